The first-order chi connectivity index (χ1) is 13.6. The van der Waals surface area contributed by atoms with E-state index in [0.29, 0.717) is 19.6 Å². The van der Waals surface area contributed by atoms with Crippen LogP contribution in [0.5, 0.6) is 0 Å². The van der Waals surface area contributed by atoms with Crippen LogP contribution in [0.25, 0.3) is 0 Å². The highest BCUT2D eigenvalue weighted by atomic mass is 16.6. The van der Waals surface area contributed by atoms with Crippen LogP contribution in [0.15, 0.2) is 24.3 Å². The number of amides is 2. The molecule has 1 aliphatic carbocycles. The third kappa shape index (κ3) is 4.73. The summed E-state index contributed by atoms with van der Waals surface area (Å²) in [6, 6.07) is 8.33. The summed E-state index contributed by atoms with van der Waals surface area (Å²) in [6.45, 7) is 2.99. The standard InChI is InChI=1S/C22H30N2O4/c1-14-6-8-15(9-7-14)4-2-3-5-19(25)23-17-12-27-21-18(13-28-20(17)21)24-22(26)16-10-11-16/h6-9,16-18,20-21H,2-5,10-13H2,1H3,(H,23,25)(H,24,26). The third-order valence-electron chi connectivity index (χ3n) is 5.92. The Morgan fingerprint density at radius 2 is 1.61 bits per heavy atom. The van der Waals surface area contributed by atoms with Gasteiger partial charge in [-0.2, -0.15) is 0 Å². The fourth-order valence-electron chi connectivity index (χ4n) is 4.04. The number of aryl methyl sites for hydroxylation is 2. The van der Waals surface area contributed by atoms with Crippen LogP contribution in [-0.2, 0) is 25.5 Å². The summed E-state index contributed by atoms with van der Waals surface area (Å²) in [6.07, 6.45) is 5.01. The maximum absolute atomic E-state index is 12.3. The molecular weight excluding hydrogens is 356 g/mol. The van der Waals surface area contributed by atoms with Crippen molar-refractivity contribution in [2.24, 2.45) is 5.92 Å². The van der Waals surface area contributed by atoms with Gasteiger partial charge in [-0.05, 0) is 44.6 Å². The van der Waals surface area contributed by atoms with Gasteiger partial charge in [0, 0.05) is 12.3 Å². The van der Waals surface area contributed by atoms with Gasteiger partial charge in [0.1, 0.15) is 12.2 Å². The molecule has 1 aromatic carbocycles. The maximum atomic E-state index is 12.3. The Balaban J connectivity index is 1.16. The summed E-state index contributed by atoms with van der Waals surface area (Å²) in [5.41, 5.74) is 2.58. The lowest BCUT2D eigenvalue weighted by atomic mass is 10.0. The minimum atomic E-state index is -0.166. The second-order valence-corrected chi connectivity index (χ2v) is 8.35. The summed E-state index contributed by atoms with van der Waals surface area (Å²) in [7, 11) is 0. The highest BCUT2D eigenvalue weighted by molar-refractivity contribution is 5.81. The molecule has 0 spiro atoms. The van der Waals surface area contributed by atoms with E-state index in [0.717, 1.165) is 32.1 Å². The minimum Gasteiger partial charge on any atom is -0.371 e. The Labute approximate surface area is 166 Å². The van der Waals surface area contributed by atoms with Gasteiger partial charge in [-0.25, -0.2) is 0 Å². The van der Waals surface area contributed by atoms with E-state index in [1.165, 1.54) is 11.1 Å². The van der Waals surface area contributed by atoms with Gasteiger partial charge in [0.05, 0.1) is 25.3 Å². The van der Waals surface area contributed by atoms with Crippen LogP contribution in [0.2, 0.25) is 0 Å². The first-order valence-corrected chi connectivity index (χ1v) is 10.5. The minimum absolute atomic E-state index is 0.0484. The molecular formula is C22H30N2O4. The molecule has 152 valence electrons. The maximum Gasteiger partial charge on any atom is 0.223 e. The second kappa shape index (κ2) is 8.62. The molecule has 1 aromatic rings. The summed E-state index contributed by atoms with van der Waals surface area (Å²) in [5.74, 6) is 0.335. The van der Waals surface area contributed by atoms with Crippen LogP contribution in [0, 0.1) is 12.8 Å². The lowest BCUT2D eigenvalue weighted by molar-refractivity contribution is -0.123. The van der Waals surface area contributed by atoms with Crippen molar-refractivity contribution in [3.63, 3.8) is 0 Å². The van der Waals surface area contributed by atoms with Crippen molar-refractivity contribution in [2.75, 3.05) is 13.2 Å². The molecule has 4 rings (SSSR count). The molecule has 3 fully saturated rings. The van der Waals surface area contributed by atoms with Crippen LogP contribution in [0.1, 0.15) is 43.2 Å². The number of benzene rings is 1. The zero-order valence-corrected chi connectivity index (χ0v) is 16.5. The van der Waals surface area contributed by atoms with Gasteiger partial charge in [0.25, 0.3) is 0 Å². The van der Waals surface area contributed by atoms with E-state index in [-0.39, 0.29) is 42.0 Å². The number of unbranched alkanes of at least 4 members (excludes halogenated alkanes) is 1. The lowest BCUT2D eigenvalue weighted by Crippen LogP contribution is -2.47. The molecule has 2 amide bonds. The fraction of sp³-hybridized carbons (Fsp3) is 0.636. The lowest BCUT2D eigenvalue weighted by Gasteiger charge is -2.18. The first-order valence-electron chi connectivity index (χ1n) is 10.5. The normalized spacial score (nSPS) is 28.8. The Bertz CT molecular complexity index is 701. The average molecular weight is 386 g/mol. The number of carbonyl (C=O) groups is 2. The third-order valence-corrected chi connectivity index (χ3v) is 5.92. The van der Waals surface area contributed by atoms with Crippen molar-refractivity contribution in [1.29, 1.82) is 0 Å². The highest BCUT2D eigenvalue weighted by Crippen LogP contribution is 2.31. The number of carbonyl (C=O) groups excluding carboxylic acids is 2. The molecule has 2 N–H and O–H groups in total. The zero-order valence-electron chi connectivity index (χ0n) is 16.5. The molecule has 0 aromatic heterocycles. The summed E-state index contributed by atoms with van der Waals surface area (Å²) in [4.78, 5) is 24.3. The molecule has 2 saturated heterocycles. The van der Waals surface area contributed by atoms with E-state index >= 15 is 0 Å². The molecule has 6 heteroatoms. The molecule has 28 heavy (non-hydrogen) atoms. The molecule has 2 aliphatic heterocycles. The Morgan fingerprint density at radius 1 is 0.964 bits per heavy atom. The molecule has 3 aliphatic rings. The topological polar surface area (TPSA) is 76.7 Å². The van der Waals surface area contributed by atoms with Crippen LogP contribution in [-0.4, -0.2) is 49.3 Å². The molecule has 4 unspecified atom stereocenters. The number of rotatable bonds is 8. The quantitative estimate of drug-likeness (QED) is 0.669. The largest absolute Gasteiger partial charge is 0.371 e. The summed E-state index contributed by atoms with van der Waals surface area (Å²) >= 11 is 0. The Morgan fingerprint density at radius 3 is 2.25 bits per heavy atom. The zero-order chi connectivity index (χ0) is 19.5. The van der Waals surface area contributed by atoms with E-state index in [1.807, 2.05) is 0 Å². The summed E-state index contributed by atoms with van der Waals surface area (Å²) in [5, 5.41) is 6.11. The Hall–Kier alpha value is -1.92. The molecule has 0 bridgehead atoms. The van der Waals surface area contributed by atoms with Gasteiger partial charge >= 0.3 is 0 Å². The van der Waals surface area contributed by atoms with Crippen molar-refractivity contribution in [1.82, 2.24) is 10.6 Å². The van der Waals surface area contributed by atoms with Crippen molar-refractivity contribution in [3.05, 3.63) is 35.4 Å². The van der Waals surface area contributed by atoms with E-state index in [4.69, 9.17) is 9.47 Å². The monoisotopic (exact) mass is 386 g/mol. The van der Waals surface area contributed by atoms with E-state index < -0.39 is 0 Å². The average Bonchev–Trinajstić information content (AvgIpc) is 3.36. The van der Waals surface area contributed by atoms with Crippen LogP contribution in [0.4, 0.5) is 0 Å². The van der Waals surface area contributed by atoms with E-state index in [2.05, 4.69) is 41.8 Å². The van der Waals surface area contributed by atoms with Gasteiger partial charge in [-0.3, -0.25) is 9.59 Å². The van der Waals surface area contributed by atoms with Gasteiger partial charge in [0.2, 0.25) is 11.8 Å². The smallest absolute Gasteiger partial charge is 0.223 e. The van der Waals surface area contributed by atoms with Crippen LogP contribution in [0.3, 0.4) is 0 Å². The molecule has 6 nitrogen and oxygen atoms in total. The van der Waals surface area contributed by atoms with Crippen molar-refractivity contribution < 1.29 is 19.1 Å². The predicted molar refractivity (Wildman–Crippen MR) is 105 cm³/mol. The SMILES string of the molecule is Cc1ccc(CCCCC(=O)NC2COC3C(NC(=O)C4CC4)COC23)cc1. The molecule has 2 heterocycles. The van der Waals surface area contributed by atoms with Crippen molar-refractivity contribution >= 4 is 11.8 Å². The molecule has 1 saturated carbocycles. The van der Waals surface area contributed by atoms with Crippen LogP contribution >= 0.6 is 0 Å². The first kappa shape index (κ1) is 19.4. The molecule has 0 radical (unpaired) electrons. The van der Waals surface area contributed by atoms with Crippen LogP contribution < -0.4 is 10.6 Å². The molecule has 4 atom stereocenters. The Kier molecular flexibility index (Phi) is 5.97. The number of nitrogens with one attached hydrogen (secondary N) is 2. The van der Waals surface area contributed by atoms with Gasteiger partial charge in [-0.15, -0.1) is 0 Å². The van der Waals surface area contributed by atoms with E-state index in [9.17, 15) is 9.59 Å². The van der Waals surface area contributed by atoms with Gasteiger partial charge in [-0.1, -0.05) is 29.8 Å². The van der Waals surface area contributed by atoms with Crippen molar-refractivity contribution in [2.45, 2.75) is 69.7 Å². The predicted octanol–water partition coefficient (Wildman–Crippen LogP) is 1.89. The number of hydrogen-bond acceptors (Lipinski definition) is 4. The van der Waals surface area contributed by atoms with Gasteiger partial charge < -0.3 is 20.1 Å². The highest BCUT2D eigenvalue weighted by Gasteiger charge is 2.49. The van der Waals surface area contributed by atoms with Gasteiger partial charge in [0.15, 0.2) is 0 Å². The number of hydrogen-bond donors (Lipinski definition) is 2. The second-order valence-electron chi connectivity index (χ2n) is 8.35. The number of fused-ring (bicyclic) bond motifs is 1. The van der Waals surface area contributed by atoms with Crippen molar-refractivity contribution in [3.8, 4) is 0 Å². The summed E-state index contributed by atoms with van der Waals surface area (Å²) < 4.78 is 11.7. The van der Waals surface area contributed by atoms with E-state index in [1.54, 1.807) is 0 Å². The number of ether oxygens (including phenoxy) is 2. The fourth-order valence-corrected chi connectivity index (χ4v) is 4.04.